The van der Waals surface area contributed by atoms with Gasteiger partial charge in [-0.2, -0.15) is 0 Å². The second-order valence-corrected chi connectivity index (χ2v) is 5.85. The van der Waals surface area contributed by atoms with Crippen LogP contribution >= 0.6 is 0 Å². The van der Waals surface area contributed by atoms with Crippen LogP contribution in [0.15, 0.2) is 48.5 Å². The minimum atomic E-state index is -0.200. The average Bonchev–Trinajstić information content (AvgIpc) is 2.55. The van der Waals surface area contributed by atoms with Crippen LogP contribution in [0.4, 0.5) is 10.1 Å². The van der Waals surface area contributed by atoms with Gasteiger partial charge in [-0.25, -0.2) is 4.39 Å². The Kier molecular flexibility index (Phi) is 4.29. The number of piperidine rings is 1. The molecule has 2 unspecified atom stereocenters. The summed E-state index contributed by atoms with van der Waals surface area (Å²) in [5.41, 5.74) is 8.50. The third-order valence-corrected chi connectivity index (χ3v) is 4.24. The first kappa shape index (κ1) is 14.9. The monoisotopic (exact) mass is 300 g/mol. The second kappa shape index (κ2) is 6.36. The molecule has 0 bridgehead atoms. The highest BCUT2D eigenvalue weighted by atomic mass is 19.1. The molecule has 2 atom stereocenters. The van der Waals surface area contributed by atoms with Crippen LogP contribution in [0.25, 0.3) is 0 Å². The number of anilines is 1. The molecule has 1 fully saturated rings. The molecule has 0 aliphatic carbocycles. The molecule has 116 valence electrons. The lowest BCUT2D eigenvalue weighted by atomic mass is 9.88. The van der Waals surface area contributed by atoms with Crippen molar-refractivity contribution in [2.45, 2.75) is 18.4 Å². The Morgan fingerprint density at radius 2 is 1.91 bits per heavy atom. The summed E-state index contributed by atoms with van der Waals surface area (Å²) < 4.78 is 18.4. The Balaban J connectivity index is 1.82. The van der Waals surface area contributed by atoms with Crippen molar-refractivity contribution in [3.8, 4) is 5.75 Å². The SMILES string of the molecule is COc1cccc(N2CC(N)CC(c3ccc(F)cc3)C2)c1. The van der Waals surface area contributed by atoms with Gasteiger partial charge in [0.15, 0.2) is 0 Å². The van der Waals surface area contributed by atoms with Gasteiger partial charge in [0.05, 0.1) is 7.11 Å². The van der Waals surface area contributed by atoms with Gasteiger partial charge in [0, 0.05) is 36.8 Å². The fraction of sp³-hybridized carbons (Fsp3) is 0.333. The molecule has 3 rings (SSSR count). The summed E-state index contributed by atoms with van der Waals surface area (Å²) in [5.74, 6) is 0.957. The summed E-state index contributed by atoms with van der Waals surface area (Å²) in [7, 11) is 1.67. The molecule has 2 aromatic carbocycles. The van der Waals surface area contributed by atoms with Gasteiger partial charge in [0.2, 0.25) is 0 Å². The zero-order valence-corrected chi connectivity index (χ0v) is 12.7. The standard InChI is InChI=1S/C18H21FN2O/c1-22-18-4-2-3-17(10-18)21-11-14(9-16(20)12-21)13-5-7-15(19)8-6-13/h2-8,10,14,16H,9,11-12,20H2,1H3. The predicted molar refractivity (Wildman–Crippen MR) is 86.9 cm³/mol. The smallest absolute Gasteiger partial charge is 0.123 e. The Morgan fingerprint density at radius 3 is 2.64 bits per heavy atom. The topological polar surface area (TPSA) is 38.5 Å². The van der Waals surface area contributed by atoms with Crippen LogP contribution in [0, 0.1) is 5.82 Å². The van der Waals surface area contributed by atoms with E-state index < -0.39 is 0 Å². The molecule has 3 nitrogen and oxygen atoms in total. The Bertz CT molecular complexity index is 629. The first-order valence-corrected chi connectivity index (χ1v) is 7.56. The molecular weight excluding hydrogens is 279 g/mol. The number of nitrogens with two attached hydrogens (primary N) is 1. The number of methoxy groups -OCH3 is 1. The van der Waals surface area contributed by atoms with Crippen molar-refractivity contribution < 1.29 is 9.13 Å². The van der Waals surface area contributed by atoms with Crippen molar-refractivity contribution >= 4 is 5.69 Å². The van der Waals surface area contributed by atoms with Crippen LogP contribution in [0.2, 0.25) is 0 Å². The molecular formula is C18H21FN2O. The van der Waals surface area contributed by atoms with E-state index in [0.29, 0.717) is 5.92 Å². The van der Waals surface area contributed by atoms with E-state index in [1.165, 1.54) is 12.1 Å². The molecule has 0 aromatic heterocycles. The van der Waals surface area contributed by atoms with Gasteiger partial charge in [0.1, 0.15) is 11.6 Å². The zero-order chi connectivity index (χ0) is 15.5. The minimum Gasteiger partial charge on any atom is -0.497 e. The van der Waals surface area contributed by atoms with Crippen molar-refractivity contribution in [3.63, 3.8) is 0 Å². The first-order chi connectivity index (χ1) is 10.7. The van der Waals surface area contributed by atoms with Gasteiger partial charge >= 0.3 is 0 Å². The Hall–Kier alpha value is -2.07. The summed E-state index contributed by atoms with van der Waals surface area (Å²) >= 11 is 0. The number of ether oxygens (including phenoxy) is 1. The lowest BCUT2D eigenvalue weighted by molar-refractivity contribution is 0.413. The predicted octanol–water partition coefficient (Wildman–Crippen LogP) is 3.16. The maximum absolute atomic E-state index is 13.1. The molecule has 1 aliphatic rings. The number of rotatable bonds is 3. The van der Waals surface area contributed by atoms with Crippen LogP contribution < -0.4 is 15.4 Å². The summed E-state index contributed by atoms with van der Waals surface area (Å²) in [6.45, 7) is 1.71. The van der Waals surface area contributed by atoms with E-state index in [-0.39, 0.29) is 11.9 Å². The summed E-state index contributed by atoms with van der Waals surface area (Å²) in [5, 5.41) is 0. The number of hydrogen-bond acceptors (Lipinski definition) is 3. The molecule has 22 heavy (non-hydrogen) atoms. The maximum Gasteiger partial charge on any atom is 0.123 e. The minimum absolute atomic E-state index is 0.106. The van der Waals surface area contributed by atoms with Gasteiger partial charge < -0.3 is 15.4 Å². The molecule has 4 heteroatoms. The van der Waals surface area contributed by atoms with Gasteiger partial charge in [0.25, 0.3) is 0 Å². The number of halogens is 1. The molecule has 0 spiro atoms. The third-order valence-electron chi connectivity index (χ3n) is 4.24. The molecule has 2 aromatic rings. The average molecular weight is 300 g/mol. The molecule has 1 saturated heterocycles. The normalized spacial score (nSPS) is 21.7. The van der Waals surface area contributed by atoms with Crippen molar-refractivity contribution in [2.24, 2.45) is 5.73 Å². The van der Waals surface area contributed by atoms with Gasteiger partial charge in [-0.05, 0) is 36.2 Å². The quantitative estimate of drug-likeness (QED) is 0.946. The van der Waals surface area contributed by atoms with E-state index in [0.717, 1.165) is 36.5 Å². The molecule has 2 N–H and O–H groups in total. The number of hydrogen-bond donors (Lipinski definition) is 1. The zero-order valence-electron chi connectivity index (χ0n) is 12.7. The third kappa shape index (κ3) is 3.22. The van der Waals surface area contributed by atoms with Crippen molar-refractivity contribution in [1.82, 2.24) is 0 Å². The summed E-state index contributed by atoms with van der Waals surface area (Å²) in [6.07, 6.45) is 0.923. The molecule has 0 amide bonds. The van der Waals surface area contributed by atoms with Gasteiger partial charge in [-0.3, -0.25) is 0 Å². The van der Waals surface area contributed by atoms with Crippen molar-refractivity contribution in [2.75, 3.05) is 25.1 Å². The number of nitrogens with zero attached hydrogens (tertiary/aromatic N) is 1. The highest BCUT2D eigenvalue weighted by Gasteiger charge is 2.26. The van der Waals surface area contributed by atoms with E-state index in [2.05, 4.69) is 11.0 Å². The first-order valence-electron chi connectivity index (χ1n) is 7.56. The largest absolute Gasteiger partial charge is 0.497 e. The van der Waals surface area contributed by atoms with E-state index in [1.807, 2.05) is 30.3 Å². The fourth-order valence-corrected chi connectivity index (χ4v) is 3.13. The van der Waals surface area contributed by atoms with E-state index in [1.54, 1.807) is 7.11 Å². The highest BCUT2D eigenvalue weighted by Crippen LogP contribution is 2.31. The molecule has 1 heterocycles. The Labute approximate surface area is 130 Å². The molecule has 0 saturated carbocycles. The Morgan fingerprint density at radius 1 is 1.14 bits per heavy atom. The molecule has 0 radical (unpaired) electrons. The molecule has 1 aliphatic heterocycles. The summed E-state index contributed by atoms with van der Waals surface area (Å²) in [4.78, 5) is 2.28. The van der Waals surface area contributed by atoms with E-state index in [4.69, 9.17) is 10.5 Å². The lowest BCUT2D eigenvalue weighted by Crippen LogP contribution is -2.46. The van der Waals surface area contributed by atoms with Gasteiger partial charge in [-0.1, -0.05) is 18.2 Å². The van der Waals surface area contributed by atoms with Crippen molar-refractivity contribution in [1.29, 1.82) is 0 Å². The van der Waals surface area contributed by atoms with Crippen LogP contribution in [0.1, 0.15) is 17.9 Å². The van der Waals surface area contributed by atoms with Crippen molar-refractivity contribution in [3.05, 3.63) is 59.9 Å². The fourth-order valence-electron chi connectivity index (χ4n) is 3.13. The van der Waals surface area contributed by atoms with Crippen LogP contribution in [-0.4, -0.2) is 26.2 Å². The maximum atomic E-state index is 13.1. The second-order valence-electron chi connectivity index (χ2n) is 5.85. The summed E-state index contributed by atoms with van der Waals surface area (Å²) in [6, 6.07) is 14.9. The van der Waals surface area contributed by atoms with Crippen LogP contribution in [0.5, 0.6) is 5.75 Å². The van der Waals surface area contributed by atoms with Crippen LogP contribution in [0.3, 0.4) is 0 Å². The number of benzene rings is 2. The van der Waals surface area contributed by atoms with E-state index >= 15 is 0 Å². The van der Waals surface area contributed by atoms with E-state index in [9.17, 15) is 4.39 Å². The highest BCUT2D eigenvalue weighted by molar-refractivity contribution is 5.52. The van der Waals surface area contributed by atoms with Gasteiger partial charge in [-0.15, -0.1) is 0 Å². The van der Waals surface area contributed by atoms with Crippen LogP contribution in [-0.2, 0) is 0 Å². The lowest BCUT2D eigenvalue weighted by Gasteiger charge is -2.38.